The van der Waals surface area contributed by atoms with Crippen molar-refractivity contribution in [1.82, 2.24) is 20.3 Å². The summed E-state index contributed by atoms with van der Waals surface area (Å²) < 4.78 is 1.47. The normalized spacial score (nSPS) is 14.3. The van der Waals surface area contributed by atoms with E-state index >= 15 is 0 Å². The number of hydrogen-bond donors (Lipinski definition) is 1. The molecule has 2 aromatic rings. The Morgan fingerprint density at radius 2 is 2.32 bits per heavy atom. The quantitative estimate of drug-likeness (QED) is 0.684. The van der Waals surface area contributed by atoms with E-state index in [0.29, 0.717) is 24.4 Å². The third-order valence-corrected chi connectivity index (χ3v) is 3.16. The monoisotopic (exact) mass is 253 g/mol. The van der Waals surface area contributed by atoms with Crippen molar-refractivity contribution in [1.29, 1.82) is 0 Å². The Kier molecular flexibility index (Phi) is 2.83. The number of benzene rings is 1. The van der Waals surface area contributed by atoms with Crippen LogP contribution in [0.1, 0.15) is 16.1 Å². The maximum absolute atomic E-state index is 12.5. The maximum atomic E-state index is 12.5. The molecule has 1 aromatic carbocycles. The van der Waals surface area contributed by atoms with Gasteiger partial charge in [-0.2, -0.15) is 0 Å². The SMILES string of the molecule is [B]c1ccc2c(c1)CNCN2C(=O)c1cnnn1C. The van der Waals surface area contributed by atoms with Crippen molar-refractivity contribution in [2.75, 3.05) is 11.6 Å². The number of carbonyl (C=O) groups excluding carboxylic acids is 1. The minimum Gasteiger partial charge on any atom is -0.295 e. The molecule has 3 rings (SSSR count). The van der Waals surface area contributed by atoms with Gasteiger partial charge in [-0.25, -0.2) is 4.68 Å². The smallest absolute Gasteiger partial charge is 0.279 e. The summed E-state index contributed by atoms with van der Waals surface area (Å²) in [4.78, 5) is 14.1. The van der Waals surface area contributed by atoms with Crippen LogP contribution in [0.3, 0.4) is 0 Å². The van der Waals surface area contributed by atoms with Gasteiger partial charge in [0, 0.05) is 19.3 Å². The molecule has 1 N–H and O–H groups in total. The van der Waals surface area contributed by atoms with Crippen molar-refractivity contribution in [3.63, 3.8) is 0 Å². The minimum absolute atomic E-state index is 0.134. The predicted octanol–water partition coefficient (Wildman–Crippen LogP) is -0.684. The maximum Gasteiger partial charge on any atom is 0.279 e. The zero-order valence-corrected chi connectivity index (χ0v) is 10.5. The van der Waals surface area contributed by atoms with Gasteiger partial charge in [0.1, 0.15) is 13.5 Å². The number of carbonyl (C=O) groups is 1. The van der Waals surface area contributed by atoms with Crippen molar-refractivity contribution in [2.24, 2.45) is 7.05 Å². The largest absolute Gasteiger partial charge is 0.295 e. The van der Waals surface area contributed by atoms with Gasteiger partial charge < -0.3 is 0 Å². The number of aryl methyl sites for hydroxylation is 1. The number of nitrogens with zero attached hydrogens (tertiary/aromatic N) is 4. The molecule has 1 aliphatic rings. The Labute approximate surface area is 111 Å². The average Bonchev–Trinajstić information content (AvgIpc) is 2.83. The van der Waals surface area contributed by atoms with Crippen LogP contribution in [0.25, 0.3) is 0 Å². The van der Waals surface area contributed by atoms with E-state index in [-0.39, 0.29) is 5.91 Å². The lowest BCUT2D eigenvalue weighted by molar-refractivity contribution is 0.0974. The molecule has 19 heavy (non-hydrogen) atoms. The third kappa shape index (κ3) is 2.02. The van der Waals surface area contributed by atoms with Crippen LogP contribution in [0.2, 0.25) is 0 Å². The minimum atomic E-state index is -0.134. The summed E-state index contributed by atoms with van der Waals surface area (Å²) in [6.45, 7) is 1.16. The van der Waals surface area contributed by atoms with E-state index in [2.05, 4.69) is 15.6 Å². The highest BCUT2D eigenvalue weighted by molar-refractivity contribution is 6.32. The first-order chi connectivity index (χ1) is 9.16. The lowest BCUT2D eigenvalue weighted by Crippen LogP contribution is -2.44. The van der Waals surface area contributed by atoms with Crippen LogP contribution in [0.4, 0.5) is 5.69 Å². The van der Waals surface area contributed by atoms with Gasteiger partial charge in [-0.05, 0) is 11.6 Å². The van der Waals surface area contributed by atoms with Crippen molar-refractivity contribution >= 4 is 24.9 Å². The summed E-state index contributed by atoms with van der Waals surface area (Å²) in [6.07, 6.45) is 1.47. The molecule has 0 fully saturated rings. The number of fused-ring (bicyclic) bond motifs is 1. The van der Waals surface area contributed by atoms with Crippen molar-refractivity contribution in [3.8, 4) is 0 Å². The molecule has 7 heteroatoms. The van der Waals surface area contributed by atoms with Gasteiger partial charge in [0.05, 0.1) is 12.9 Å². The molecule has 0 aliphatic carbocycles. The number of rotatable bonds is 1. The summed E-state index contributed by atoms with van der Waals surface area (Å²) in [5.74, 6) is -0.134. The van der Waals surface area contributed by atoms with Gasteiger partial charge in [-0.3, -0.25) is 15.0 Å². The van der Waals surface area contributed by atoms with Crippen LogP contribution in [-0.4, -0.2) is 35.4 Å². The van der Waals surface area contributed by atoms with Crippen LogP contribution in [0.5, 0.6) is 0 Å². The first-order valence-electron chi connectivity index (χ1n) is 5.92. The summed E-state index contributed by atoms with van der Waals surface area (Å²) in [5.41, 5.74) is 3.03. The Bertz CT molecular complexity index is 639. The second kappa shape index (κ2) is 4.51. The van der Waals surface area contributed by atoms with Gasteiger partial charge in [0.25, 0.3) is 5.91 Å². The Morgan fingerprint density at radius 3 is 3.05 bits per heavy atom. The van der Waals surface area contributed by atoms with Gasteiger partial charge in [0.2, 0.25) is 0 Å². The summed E-state index contributed by atoms with van der Waals surface area (Å²) >= 11 is 0. The molecule has 0 bridgehead atoms. The van der Waals surface area contributed by atoms with Crippen LogP contribution >= 0.6 is 0 Å². The number of anilines is 1. The second-order valence-corrected chi connectivity index (χ2v) is 4.45. The molecular formula is C12H12BN5O. The van der Waals surface area contributed by atoms with Gasteiger partial charge >= 0.3 is 0 Å². The molecule has 0 atom stereocenters. The average molecular weight is 253 g/mol. The van der Waals surface area contributed by atoms with E-state index in [1.165, 1.54) is 10.9 Å². The van der Waals surface area contributed by atoms with Gasteiger partial charge in [-0.15, -0.1) is 5.10 Å². The third-order valence-electron chi connectivity index (χ3n) is 3.16. The zero-order valence-electron chi connectivity index (χ0n) is 10.5. The fraction of sp³-hybridized carbons (Fsp3) is 0.250. The fourth-order valence-corrected chi connectivity index (χ4v) is 2.20. The van der Waals surface area contributed by atoms with Crippen LogP contribution in [0, 0.1) is 0 Å². The van der Waals surface area contributed by atoms with E-state index in [9.17, 15) is 4.79 Å². The molecule has 0 saturated heterocycles. The van der Waals surface area contributed by atoms with E-state index in [1.54, 1.807) is 18.0 Å². The molecule has 1 aliphatic heterocycles. The molecule has 0 saturated carbocycles. The molecule has 0 spiro atoms. The first kappa shape index (κ1) is 11.9. The molecule has 2 radical (unpaired) electrons. The zero-order chi connectivity index (χ0) is 13.4. The van der Waals surface area contributed by atoms with Gasteiger partial charge in [-0.1, -0.05) is 22.8 Å². The Morgan fingerprint density at radius 1 is 1.47 bits per heavy atom. The predicted molar refractivity (Wildman–Crippen MR) is 71.3 cm³/mol. The number of amides is 1. The van der Waals surface area contributed by atoms with E-state index in [4.69, 9.17) is 7.85 Å². The van der Waals surface area contributed by atoms with E-state index in [0.717, 1.165) is 11.3 Å². The lowest BCUT2D eigenvalue weighted by atomic mass is 9.93. The lowest BCUT2D eigenvalue weighted by Gasteiger charge is -2.30. The molecule has 0 unspecified atom stereocenters. The highest BCUT2D eigenvalue weighted by Crippen LogP contribution is 2.23. The standard InChI is InChI=1S/C12H12BN5O/c1-17-11(6-15-16-17)12(19)18-7-14-5-8-4-9(13)2-3-10(8)18/h2-4,6,14H,5,7H2,1H3. The van der Waals surface area contributed by atoms with Gasteiger partial charge in [0.15, 0.2) is 0 Å². The Hall–Kier alpha value is -2.15. The van der Waals surface area contributed by atoms with Crippen molar-refractivity contribution in [3.05, 3.63) is 35.7 Å². The molecule has 6 nitrogen and oxygen atoms in total. The highest BCUT2D eigenvalue weighted by atomic mass is 16.2. The summed E-state index contributed by atoms with van der Waals surface area (Å²) in [5, 5.41) is 10.7. The number of nitrogens with one attached hydrogen (secondary N) is 1. The first-order valence-corrected chi connectivity index (χ1v) is 5.92. The van der Waals surface area contributed by atoms with E-state index < -0.39 is 0 Å². The van der Waals surface area contributed by atoms with Crippen LogP contribution < -0.4 is 15.7 Å². The summed E-state index contributed by atoms with van der Waals surface area (Å²) in [7, 11) is 7.46. The van der Waals surface area contributed by atoms with E-state index in [1.807, 2.05) is 12.1 Å². The molecule has 2 heterocycles. The fourth-order valence-electron chi connectivity index (χ4n) is 2.20. The second-order valence-electron chi connectivity index (χ2n) is 4.45. The number of aromatic nitrogens is 3. The molecular weight excluding hydrogens is 241 g/mol. The molecule has 1 aromatic heterocycles. The summed E-state index contributed by atoms with van der Waals surface area (Å²) in [6, 6.07) is 5.54. The molecule has 1 amide bonds. The highest BCUT2D eigenvalue weighted by Gasteiger charge is 2.25. The van der Waals surface area contributed by atoms with Crippen LogP contribution in [-0.2, 0) is 13.6 Å². The molecule has 94 valence electrons. The topological polar surface area (TPSA) is 63.1 Å². The Balaban J connectivity index is 2.00. The van der Waals surface area contributed by atoms with Crippen molar-refractivity contribution < 1.29 is 4.79 Å². The van der Waals surface area contributed by atoms with Crippen molar-refractivity contribution in [2.45, 2.75) is 6.54 Å². The van der Waals surface area contributed by atoms with Crippen LogP contribution in [0.15, 0.2) is 24.4 Å². The number of hydrogen-bond acceptors (Lipinski definition) is 4.